The van der Waals surface area contributed by atoms with Gasteiger partial charge in [-0.1, -0.05) is 43.3 Å². The molecule has 3 aromatic rings. The first kappa shape index (κ1) is 13.4. The summed E-state index contributed by atoms with van der Waals surface area (Å²) in [5.74, 6) is 0.746. The Morgan fingerprint density at radius 1 is 1.14 bits per heavy atom. The lowest BCUT2D eigenvalue weighted by atomic mass is 10.1. The lowest BCUT2D eigenvalue weighted by molar-refractivity contribution is -0.116. The Hall–Kier alpha value is -2.62. The number of rotatable bonds is 4. The van der Waals surface area contributed by atoms with Crippen molar-refractivity contribution >= 4 is 17.4 Å². The summed E-state index contributed by atoms with van der Waals surface area (Å²) in [6, 6.07) is 15.7. The second-order valence-corrected chi connectivity index (χ2v) is 4.90. The maximum absolute atomic E-state index is 12.0. The van der Waals surface area contributed by atoms with E-state index in [1.165, 1.54) is 0 Å². The lowest BCUT2D eigenvalue weighted by Crippen LogP contribution is -2.13. The highest BCUT2D eigenvalue weighted by atomic mass is 16.1. The molecule has 0 atom stereocenters. The summed E-state index contributed by atoms with van der Waals surface area (Å²) in [5.41, 5.74) is 2.61. The molecule has 1 amide bonds. The Balaban J connectivity index is 2.12. The smallest absolute Gasteiger partial charge is 0.225 e. The summed E-state index contributed by atoms with van der Waals surface area (Å²) in [5, 5.41) is 2.99. The van der Waals surface area contributed by atoms with Crippen LogP contribution < -0.4 is 5.32 Å². The number of amides is 1. The van der Waals surface area contributed by atoms with Gasteiger partial charge in [-0.25, -0.2) is 4.98 Å². The molecule has 0 bridgehead atoms. The summed E-state index contributed by atoms with van der Waals surface area (Å²) >= 11 is 0. The van der Waals surface area contributed by atoms with E-state index in [0.29, 0.717) is 6.42 Å². The van der Waals surface area contributed by atoms with Crippen molar-refractivity contribution in [1.29, 1.82) is 0 Å². The molecular formula is C17H17N3O. The van der Waals surface area contributed by atoms with Gasteiger partial charge in [0, 0.05) is 18.2 Å². The first-order chi connectivity index (χ1) is 10.3. The van der Waals surface area contributed by atoms with Gasteiger partial charge in [0.2, 0.25) is 5.91 Å². The van der Waals surface area contributed by atoms with Crippen LogP contribution in [0.3, 0.4) is 0 Å². The van der Waals surface area contributed by atoms with Crippen LogP contribution in [0.15, 0.2) is 54.7 Å². The second kappa shape index (κ2) is 5.79. The summed E-state index contributed by atoms with van der Waals surface area (Å²) in [6.45, 7) is 1.99. The molecule has 0 aliphatic rings. The van der Waals surface area contributed by atoms with Gasteiger partial charge in [0.05, 0.1) is 0 Å². The number of nitrogens with one attached hydrogen (secondary N) is 1. The first-order valence-electron chi connectivity index (χ1n) is 7.12. The van der Waals surface area contributed by atoms with Crippen molar-refractivity contribution in [2.75, 3.05) is 5.32 Å². The zero-order chi connectivity index (χ0) is 14.7. The molecule has 0 spiro atoms. The first-order valence-corrected chi connectivity index (χ1v) is 7.12. The van der Waals surface area contributed by atoms with Crippen LogP contribution in [0.25, 0.3) is 16.9 Å². The molecule has 3 rings (SSSR count). The fourth-order valence-electron chi connectivity index (χ4n) is 2.33. The zero-order valence-corrected chi connectivity index (χ0v) is 11.9. The van der Waals surface area contributed by atoms with E-state index in [-0.39, 0.29) is 5.91 Å². The maximum atomic E-state index is 12.0. The fourth-order valence-corrected chi connectivity index (χ4v) is 2.33. The van der Waals surface area contributed by atoms with Gasteiger partial charge in [0.25, 0.3) is 0 Å². The number of aromatic nitrogens is 2. The van der Waals surface area contributed by atoms with Gasteiger partial charge in [0.15, 0.2) is 0 Å². The number of anilines is 1. The van der Waals surface area contributed by atoms with E-state index >= 15 is 0 Å². The van der Waals surface area contributed by atoms with E-state index in [1.54, 1.807) is 0 Å². The van der Waals surface area contributed by atoms with Crippen molar-refractivity contribution in [1.82, 2.24) is 9.38 Å². The normalized spacial score (nSPS) is 10.7. The van der Waals surface area contributed by atoms with E-state index in [0.717, 1.165) is 29.1 Å². The third-order valence-corrected chi connectivity index (χ3v) is 3.31. The quantitative estimate of drug-likeness (QED) is 0.790. The molecule has 0 radical (unpaired) electrons. The molecule has 2 aromatic heterocycles. The molecule has 1 aromatic carbocycles. The molecule has 4 nitrogen and oxygen atoms in total. The Kier molecular flexibility index (Phi) is 3.69. The molecule has 0 saturated heterocycles. The van der Waals surface area contributed by atoms with Gasteiger partial charge in [-0.15, -0.1) is 0 Å². The minimum Gasteiger partial charge on any atom is -0.310 e. The Bertz CT molecular complexity index is 762. The summed E-state index contributed by atoms with van der Waals surface area (Å²) in [4.78, 5) is 16.6. The van der Waals surface area contributed by atoms with Crippen LogP contribution >= 0.6 is 0 Å². The van der Waals surface area contributed by atoms with Gasteiger partial charge >= 0.3 is 0 Å². The van der Waals surface area contributed by atoms with Crippen LogP contribution in [-0.2, 0) is 4.79 Å². The van der Waals surface area contributed by atoms with Crippen LogP contribution in [0.1, 0.15) is 19.8 Å². The summed E-state index contributed by atoms with van der Waals surface area (Å²) in [7, 11) is 0. The van der Waals surface area contributed by atoms with Crippen LogP contribution in [0.5, 0.6) is 0 Å². The lowest BCUT2D eigenvalue weighted by Gasteiger charge is -2.07. The van der Waals surface area contributed by atoms with Crippen molar-refractivity contribution in [2.45, 2.75) is 19.8 Å². The van der Waals surface area contributed by atoms with E-state index < -0.39 is 0 Å². The molecular weight excluding hydrogens is 262 g/mol. The zero-order valence-electron chi connectivity index (χ0n) is 11.9. The topological polar surface area (TPSA) is 46.4 Å². The third kappa shape index (κ3) is 2.65. The van der Waals surface area contributed by atoms with Crippen LogP contribution in [0.2, 0.25) is 0 Å². The van der Waals surface area contributed by atoms with Crippen molar-refractivity contribution in [2.24, 2.45) is 0 Å². The standard InChI is InChI=1S/C17H17N3O/c1-2-8-15(21)19-17-16(13-9-4-3-5-10-13)18-14-11-6-7-12-20(14)17/h3-7,9-12H,2,8H2,1H3,(H,19,21). The van der Waals surface area contributed by atoms with E-state index in [1.807, 2.05) is 66.1 Å². The molecule has 0 aliphatic carbocycles. The number of carbonyl (C=O) groups excluding carboxylic acids is 1. The average Bonchev–Trinajstić information content (AvgIpc) is 2.87. The second-order valence-electron chi connectivity index (χ2n) is 4.90. The van der Waals surface area contributed by atoms with Crippen LogP contribution in [0.4, 0.5) is 5.82 Å². The average molecular weight is 279 g/mol. The molecule has 0 saturated carbocycles. The fraction of sp³-hybridized carbons (Fsp3) is 0.176. The molecule has 0 fully saturated rings. The van der Waals surface area contributed by atoms with E-state index in [2.05, 4.69) is 10.3 Å². The van der Waals surface area contributed by atoms with E-state index in [9.17, 15) is 4.79 Å². The minimum absolute atomic E-state index is 0.0142. The SMILES string of the molecule is CCCC(=O)Nc1c(-c2ccccc2)nc2ccccn12. The number of pyridine rings is 1. The number of carbonyl (C=O) groups is 1. The summed E-state index contributed by atoms with van der Waals surface area (Å²) < 4.78 is 1.91. The monoisotopic (exact) mass is 279 g/mol. The molecule has 21 heavy (non-hydrogen) atoms. The van der Waals surface area contributed by atoms with Crippen LogP contribution in [-0.4, -0.2) is 15.3 Å². The molecule has 2 heterocycles. The van der Waals surface area contributed by atoms with Gasteiger partial charge in [-0.3, -0.25) is 9.20 Å². The largest absolute Gasteiger partial charge is 0.310 e. The number of hydrogen-bond acceptors (Lipinski definition) is 2. The van der Waals surface area contributed by atoms with Crippen LogP contribution in [0, 0.1) is 0 Å². The molecule has 106 valence electrons. The molecule has 0 unspecified atom stereocenters. The predicted octanol–water partition coefficient (Wildman–Crippen LogP) is 3.74. The Labute approximate surface area is 123 Å². The Morgan fingerprint density at radius 3 is 2.67 bits per heavy atom. The number of nitrogens with zero attached hydrogens (tertiary/aromatic N) is 2. The van der Waals surface area contributed by atoms with Gasteiger partial charge < -0.3 is 5.32 Å². The van der Waals surface area contributed by atoms with Crippen molar-refractivity contribution < 1.29 is 4.79 Å². The van der Waals surface area contributed by atoms with Gasteiger partial charge in [0.1, 0.15) is 17.2 Å². The van der Waals surface area contributed by atoms with Crippen molar-refractivity contribution in [3.8, 4) is 11.3 Å². The highest BCUT2D eigenvalue weighted by molar-refractivity contribution is 5.94. The molecule has 4 heteroatoms. The third-order valence-electron chi connectivity index (χ3n) is 3.31. The highest BCUT2D eigenvalue weighted by Gasteiger charge is 2.15. The number of hydrogen-bond donors (Lipinski definition) is 1. The van der Waals surface area contributed by atoms with Crippen molar-refractivity contribution in [3.05, 3.63) is 54.7 Å². The molecule has 1 N–H and O–H groups in total. The van der Waals surface area contributed by atoms with E-state index in [4.69, 9.17) is 0 Å². The predicted molar refractivity (Wildman–Crippen MR) is 84.2 cm³/mol. The number of benzene rings is 1. The molecule has 0 aliphatic heterocycles. The highest BCUT2D eigenvalue weighted by Crippen LogP contribution is 2.28. The number of imidazole rings is 1. The Morgan fingerprint density at radius 2 is 1.90 bits per heavy atom. The van der Waals surface area contributed by atoms with Crippen molar-refractivity contribution in [3.63, 3.8) is 0 Å². The summed E-state index contributed by atoms with van der Waals surface area (Å²) in [6.07, 6.45) is 3.24. The van der Waals surface area contributed by atoms with Gasteiger partial charge in [-0.05, 0) is 18.6 Å². The minimum atomic E-state index is 0.0142. The maximum Gasteiger partial charge on any atom is 0.225 e. The van der Waals surface area contributed by atoms with Gasteiger partial charge in [-0.2, -0.15) is 0 Å². The number of fused-ring (bicyclic) bond motifs is 1.